The fourth-order valence-corrected chi connectivity index (χ4v) is 2.85. The highest BCUT2D eigenvalue weighted by atomic mass is 127. The van der Waals surface area contributed by atoms with Crippen LogP contribution in [0.25, 0.3) is 0 Å². The monoisotopic (exact) mass is 427 g/mol. The number of benzene rings is 1. The summed E-state index contributed by atoms with van der Waals surface area (Å²) >= 11 is 13.8. The number of rotatable bonds is 4. The van der Waals surface area contributed by atoms with Gasteiger partial charge in [-0.1, -0.05) is 11.6 Å². The molecule has 0 atom stereocenters. The van der Waals surface area contributed by atoms with Crippen LogP contribution < -0.4 is 0 Å². The summed E-state index contributed by atoms with van der Waals surface area (Å²) in [7, 11) is 0. The van der Waals surface area contributed by atoms with Crippen molar-refractivity contribution in [3.05, 3.63) is 32.4 Å². The van der Waals surface area contributed by atoms with Crippen LogP contribution in [0.1, 0.15) is 23.2 Å². The SMILES string of the molecule is O=C(c1ccc(I)c(Cl)c1)N1CCC(OCCCl)CC1. The van der Waals surface area contributed by atoms with Crippen molar-refractivity contribution in [3.8, 4) is 0 Å². The van der Waals surface area contributed by atoms with Gasteiger partial charge in [0.05, 0.1) is 17.7 Å². The van der Waals surface area contributed by atoms with E-state index < -0.39 is 0 Å². The number of amides is 1. The summed E-state index contributed by atoms with van der Waals surface area (Å²) in [6.07, 6.45) is 1.94. The topological polar surface area (TPSA) is 29.5 Å². The van der Waals surface area contributed by atoms with E-state index in [9.17, 15) is 4.79 Å². The Hall–Kier alpha value is -0.0400. The Morgan fingerprint density at radius 3 is 2.70 bits per heavy atom. The van der Waals surface area contributed by atoms with Crippen LogP contribution in [0, 0.1) is 3.57 Å². The lowest BCUT2D eigenvalue weighted by atomic mass is 10.1. The van der Waals surface area contributed by atoms with E-state index in [-0.39, 0.29) is 12.0 Å². The van der Waals surface area contributed by atoms with Crippen LogP contribution >= 0.6 is 45.8 Å². The number of alkyl halides is 1. The lowest BCUT2D eigenvalue weighted by Gasteiger charge is -2.32. The summed E-state index contributed by atoms with van der Waals surface area (Å²) in [5.41, 5.74) is 0.649. The number of carbonyl (C=O) groups is 1. The van der Waals surface area contributed by atoms with Crippen molar-refractivity contribution in [1.82, 2.24) is 4.90 Å². The molecule has 1 aliphatic heterocycles. The van der Waals surface area contributed by atoms with Crippen LogP contribution in [0.4, 0.5) is 0 Å². The molecule has 1 aliphatic rings. The minimum Gasteiger partial charge on any atom is -0.377 e. The van der Waals surface area contributed by atoms with Gasteiger partial charge in [0.2, 0.25) is 0 Å². The number of hydrogen-bond donors (Lipinski definition) is 0. The highest BCUT2D eigenvalue weighted by Crippen LogP contribution is 2.22. The van der Waals surface area contributed by atoms with E-state index in [0.29, 0.717) is 23.1 Å². The first-order valence-corrected chi connectivity index (χ1v) is 8.53. The molecule has 1 aromatic rings. The minimum absolute atomic E-state index is 0.0408. The summed E-state index contributed by atoms with van der Waals surface area (Å²) in [4.78, 5) is 14.2. The number of piperidine rings is 1. The van der Waals surface area contributed by atoms with Gasteiger partial charge < -0.3 is 9.64 Å². The molecule has 3 nitrogen and oxygen atoms in total. The molecular weight excluding hydrogens is 412 g/mol. The fourth-order valence-electron chi connectivity index (χ4n) is 2.25. The molecule has 110 valence electrons. The molecule has 1 heterocycles. The summed E-state index contributed by atoms with van der Waals surface area (Å²) in [6.45, 7) is 2.01. The van der Waals surface area contributed by atoms with Crippen LogP contribution in [0.2, 0.25) is 5.02 Å². The number of nitrogens with zero attached hydrogens (tertiary/aromatic N) is 1. The third kappa shape index (κ3) is 4.23. The molecule has 0 unspecified atom stereocenters. The van der Waals surface area contributed by atoms with Crippen molar-refractivity contribution in [2.45, 2.75) is 18.9 Å². The Balaban J connectivity index is 1.92. The Morgan fingerprint density at radius 1 is 1.40 bits per heavy atom. The molecule has 1 aromatic carbocycles. The molecule has 1 fully saturated rings. The number of hydrogen-bond acceptors (Lipinski definition) is 2. The van der Waals surface area contributed by atoms with Crippen molar-refractivity contribution in [2.75, 3.05) is 25.6 Å². The largest absolute Gasteiger partial charge is 0.377 e. The second-order valence-corrected chi connectivity index (χ2v) is 6.63. The molecule has 6 heteroatoms. The van der Waals surface area contributed by atoms with Gasteiger partial charge in [-0.2, -0.15) is 0 Å². The van der Waals surface area contributed by atoms with Gasteiger partial charge in [-0.05, 0) is 53.6 Å². The third-order valence-corrected chi connectivity index (χ3v) is 5.05. The minimum atomic E-state index is 0.0408. The lowest BCUT2D eigenvalue weighted by molar-refractivity contribution is 0.0154. The zero-order valence-electron chi connectivity index (χ0n) is 10.9. The number of carbonyl (C=O) groups excluding carboxylic acids is 1. The molecule has 20 heavy (non-hydrogen) atoms. The molecule has 2 rings (SSSR count). The quantitative estimate of drug-likeness (QED) is 0.540. The Labute approximate surface area is 142 Å². The van der Waals surface area contributed by atoms with Gasteiger partial charge in [-0.3, -0.25) is 4.79 Å². The maximum atomic E-state index is 12.4. The van der Waals surface area contributed by atoms with E-state index >= 15 is 0 Å². The van der Waals surface area contributed by atoms with Gasteiger partial charge in [0.15, 0.2) is 0 Å². The van der Waals surface area contributed by atoms with Gasteiger partial charge in [-0.25, -0.2) is 0 Å². The first kappa shape index (κ1) is 16.3. The second-order valence-electron chi connectivity index (χ2n) is 4.68. The van der Waals surface area contributed by atoms with E-state index in [1.165, 1.54) is 0 Å². The molecule has 0 saturated carbocycles. The molecule has 0 aliphatic carbocycles. The van der Waals surface area contributed by atoms with E-state index in [4.69, 9.17) is 27.9 Å². The molecular formula is C14H16Cl2INO2. The van der Waals surface area contributed by atoms with Gasteiger partial charge in [0, 0.05) is 28.1 Å². The highest BCUT2D eigenvalue weighted by molar-refractivity contribution is 14.1. The average Bonchev–Trinajstić information content (AvgIpc) is 2.48. The first-order chi connectivity index (χ1) is 9.61. The van der Waals surface area contributed by atoms with E-state index in [0.717, 1.165) is 29.5 Å². The fraction of sp³-hybridized carbons (Fsp3) is 0.500. The van der Waals surface area contributed by atoms with Crippen molar-refractivity contribution >= 4 is 51.7 Å². The Kier molecular flexibility index (Phi) is 6.39. The molecule has 0 aromatic heterocycles. The maximum Gasteiger partial charge on any atom is 0.253 e. The highest BCUT2D eigenvalue weighted by Gasteiger charge is 2.24. The van der Waals surface area contributed by atoms with Crippen molar-refractivity contribution in [3.63, 3.8) is 0 Å². The number of ether oxygens (including phenoxy) is 1. The lowest BCUT2D eigenvalue weighted by Crippen LogP contribution is -2.41. The second kappa shape index (κ2) is 7.82. The summed E-state index contributed by atoms with van der Waals surface area (Å²) in [6, 6.07) is 5.43. The summed E-state index contributed by atoms with van der Waals surface area (Å²) < 4.78 is 6.56. The predicted molar refractivity (Wildman–Crippen MR) is 89.8 cm³/mol. The van der Waals surface area contributed by atoms with Crippen LogP contribution in [-0.2, 0) is 4.74 Å². The maximum absolute atomic E-state index is 12.4. The van der Waals surface area contributed by atoms with Crippen LogP contribution in [-0.4, -0.2) is 42.5 Å². The van der Waals surface area contributed by atoms with E-state index in [1.807, 2.05) is 17.0 Å². The molecule has 1 saturated heterocycles. The Morgan fingerprint density at radius 2 is 2.10 bits per heavy atom. The van der Waals surface area contributed by atoms with E-state index in [2.05, 4.69) is 22.6 Å². The standard InChI is InChI=1S/C14H16Cl2INO2/c15-5-8-20-11-3-6-18(7-4-11)14(19)10-1-2-13(17)12(16)9-10/h1-2,9,11H,3-8H2. The van der Waals surface area contributed by atoms with Crippen molar-refractivity contribution in [2.24, 2.45) is 0 Å². The Bertz CT molecular complexity index is 476. The smallest absolute Gasteiger partial charge is 0.253 e. The van der Waals surface area contributed by atoms with Gasteiger partial charge in [0.1, 0.15) is 0 Å². The number of halogens is 3. The molecule has 0 radical (unpaired) electrons. The van der Waals surface area contributed by atoms with Gasteiger partial charge >= 0.3 is 0 Å². The zero-order valence-corrected chi connectivity index (χ0v) is 14.6. The molecule has 0 N–H and O–H groups in total. The predicted octanol–water partition coefficient (Wildman–Crippen LogP) is 3.80. The van der Waals surface area contributed by atoms with Gasteiger partial charge in [0.25, 0.3) is 5.91 Å². The van der Waals surface area contributed by atoms with Crippen molar-refractivity contribution < 1.29 is 9.53 Å². The normalized spacial score (nSPS) is 16.4. The third-order valence-electron chi connectivity index (χ3n) is 3.33. The van der Waals surface area contributed by atoms with E-state index in [1.54, 1.807) is 6.07 Å². The average molecular weight is 428 g/mol. The van der Waals surface area contributed by atoms with Crippen molar-refractivity contribution in [1.29, 1.82) is 0 Å². The van der Waals surface area contributed by atoms with Crippen LogP contribution in [0.5, 0.6) is 0 Å². The molecule has 0 spiro atoms. The van der Waals surface area contributed by atoms with Crippen LogP contribution in [0.15, 0.2) is 18.2 Å². The zero-order chi connectivity index (χ0) is 14.5. The first-order valence-electron chi connectivity index (χ1n) is 6.53. The van der Waals surface area contributed by atoms with Gasteiger partial charge in [-0.15, -0.1) is 11.6 Å². The van der Waals surface area contributed by atoms with Crippen LogP contribution in [0.3, 0.4) is 0 Å². The molecule has 0 bridgehead atoms. The summed E-state index contributed by atoms with van der Waals surface area (Å²) in [5.74, 6) is 0.555. The molecule has 1 amide bonds. The number of likely N-dealkylation sites (tertiary alicyclic amines) is 1. The summed E-state index contributed by atoms with van der Waals surface area (Å²) in [5, 5.41) is 0.622.